The summed E-state index contributed by atoms with van der Waals surface area (Å²) in [5.41, 5.74) is 0. The summed E-state index contributed by atoms with van der Waals surface area (Å²) in [5.74, 6) is -0.193. The van der Waals surface area contributed by atoms with Gasteiger partial charge in [0.25, 0.3) is 7.82 Å². The fourth-order valence-electron chi connectivity index (χ4n) is 10.4. The van der Waals surface area contributed by atoms with Crippen molar-refractivity contribution >= 4 is 13.7 Å². The molecular formula is C74H137N2O6P. The number of phosphoric acid groups is 1. The average Bonchev–Trinajstić information content (AvgIpc) is 3.49. The van der Waals surface area contributed by atoms with Crippen LogP contribution < -0.4 is 10.2 Å². The van der Waals surface area contributed by atoms with E-state index < -0.39 is 20.0 Å². The Balaban J connectivity index is 3.95. The van der Waals surface area contributed by atoms with E-state index in [1.54, 1.807) is 6.08 Å². The number of hydrogen-bond donors (Lipinski definition) is 2. The molecule has 0 radical (unpaired) electrons. The lowest BCUT2D eigenvalue weighted by atomic mass is 10.0. The Morgan fingerprint density at radius 3 is 1.07 bits per heavy atom. The molecule has 0 aliphatic rings. The van der Waals surface area contributed by atoms with E-state index >= 15 is 0 Å². The lowest BCUT2D eigenvalue weighted by Crippen LogP contribution is -2.45. The summed E-state index contributed by atoms with van der Waals surface area (Å²) >= 11 is 0. The standard InChI is InChI=1S/C74H137N2O6P/c1-6-8-10-12-14-16-18-20-22-24-26-28-29-30-31-32-33-34-35-36-37-38-39-40-41-42-43-44-45-46-47-48-50-52-54-56-58-60-62-64-66-68-74(78)75-72(71-82-83(79,80)81-70-69-76(3,4)5)73(77)67-65-63-61-59-57-55-53-51-49-27-25-23-21-19-17-15-13-11-9-7-2/h8,10,14,16,20,22,26,28,30-31,33-34,65,67,72-73,77H,6-7,9,11-13,15,17-19,21,23-25,27,29,32,35-64,66,68-71H2,1-5H3,(H-,75,78,79,80)/b10-8-,16-14-,22-20-,28-26-,31-30-,34-33-,67-65+. The van der Waals surface area contributed by atoms with E-state index in [0.717, 1.165) is 77.0 Å². The minimum atomic E-state index is -4.60. The highest BCUT2D eigenvalue weighted by Crippen LogP contribution is 2.38. The number of quaternary nitrogens is 1. The summed E-state index contributed by atoms with van der Waals surface area (Å²) in [7, 11) is 1.27. The molecule has 0 aliphatic heterocycles. The number of carbonyl (C=O) groups is 1. The Labute approximate surface area is 516 Å². The SMILES string of the molecule is CC/C=C\C/C=C\C/C=C\C/C=C\C/C=C\C/C=C\CCCCCCCCCCCCCCCCCCCCCCCCC(=O)NC(COP(=O)([O-])OCC[N+](C)(C)C)C(O)/C=C/CCCCCCCCCCCCCCCCCCCC. The number of phosphoric ester groups is 1. The second kappa shape index (κ2) is 64.2. The van der Waals surface area contributed by atoms with Crippen LogP contribution >= 0.6 is 7.82 Å². The fourth-order valence-corrected chi connectivity index (χ4v) is 11.1. The summed E-state index contributed by atoms with van der Waals surface area (Å²) in [6, 6.07) is -0.888. The third-order valence-corrected chi connectivity index (χ3v) is 16.8. The molecule has 0 aromatic heterocycles. The molecule has 0 aromatic carbocycles. The van der Waals surface area contributed by atoms with Gasteiger partial charge in [0.15, 0.2) is 0 Å². The number of nitrogens with zero attached hydrogens (tertiary/aromatic N) is 1. The molecule has 3 unspecified atom stereocenters. The normalized spacial score (nSPS) is 14.2. The Kier molecular flexibility index (Phi) is 62.4. The number of aliphatic hydroxyl groups excluding tert-OH is 1. The molecule has 0 aromatic rings. The molecule has 9 heteroatoms. The number of unbranched alkanes of at least 4 members (excludes halogenated alkanes) is 40. The van der Waals surface area contributed by atoms with E-state index in [1.165, 1.54) is 231 Å². The zero-order valence-corrected chi connectivity index (χ0v) is 56.3. The summed E-state index contributed by atoms with van der Waals surface area (Å²) in [5, 5.41) is 14.0. The first-order valence-electron chi connectivity index (χ1n) is 35.4. The minimum Gasteiger partial charge on any atom is -0.756 e. The summed E-state index contributed by atoms with van der Waals surface area (Å²) in [4.78, 5) is 25.6. The third kappa shape index (κ3) is 67.1. The monoisotopic (exact) mass is 1180 g/mol. The van der Waals surface area contributed by atoms with Gasteiger partial charge in [0.05, 0.1) is 39.9 Å². The highest BCUT2D eigenvalue weighted by Gasteiger charge is 2.23. The first-order chi connectivity index (χ1) is 40.5. The number of allylic oxidation sites excluding steroid dienone is 13. The number of aliphatic hydroxyl groups is 1. The smallest absolute Gasteiger partial charge is 0.268 e. The van der Waals surface area contributed by atoms with Gasteiger partial charge >= 0.3 is 0 Å². The fraction of sp³-hybridized carbons (Fsp3) is 0.797. The average molecular weight is 1180 g/mol. The van der Waals surface area contributed by atoms with Gasteiger partial charge in [0, 0.05) is 6.42 Å². The van der Waals surface area contributed by atoms with Gasteiger partial charge in [-0.2, -0.15) is 0 Å². The largest absolute Gasteiger partial charge is 0.756 e. The first-order valence-corrected chi connectivity index (χ1v) is 36.9. The summed E-state index contributed by atoms with van der Waals surface area (Å²) in [6.45, 7) is 4.57. The van der Waals surface area contributed by atoms with Crippen molar-refractivity contribution in [3.63, 3.8) is 0 Å². The number of nitrogens with one attached hydrogen (secondary N) is 1. The van der Waals surface area contributed by atoms with Crippen molar-refractivity contribution in [1.29, 1.82) is 0 Å². The highest BCUT2D eigenvalue weighted by atomic mass is 31.2. The van der Waals surface area contributed by atoms with Crippen LogP contribution in [0.1, 0.15) is 328 Å². The predicted octanol–water partition coefficient (Wildman–Crippen LogP) is 22.1. The van der Waals surface area contributed by atoms with Gasteiger partial charge in [-0.05, 0) is 70.6 Å². The van der Waals surface area contributed by atoms with Gasteiger partial charge in [-0.3, -0.25) is 9.36 Å². The Morgan fingerprint density at radius 2 is 0.735 bits per heavy atom. The zero-order valence-electron chi connectivity index (χ0n) is 55.4. The van der Waals surface area contributed by atoms with E-state index in [-0.39, 0.29) is 19.1 Å². The summed E-state index contributed by atoms with van der Waals surface area (Å²) < 4.78 is 23.4. The molecule has 3 atom stereocenters. The molecule has 0 bridgehead atoms. The number of likely N-dealkylation sites (N-methyl/N-ethyl adjacent to an activating group) is 1. The molecule has 1 amide bonds. The second-order valence-corrected chi connectivity index (χ2v) is 26.6. The lowest BCUT2D eigenvalue weighted by Gasteiger charge is -2.29. The number of hydrogen-bond acceptors (Lipinski definition) is 6. The molecule has 2 N–H and O–H groups in total. The molecule has 0 rings (SSSR count). The van der Waals surface area contributed by atoms with E-state index in [2.05, 4.69) is 92.1 Å². The maximum Gasteiger partial charge on any atom is 0.268 e. The number of carbonyl (C=O) groups excluding carboxylic acids is 1. The molecule has 484 valence electrons. The molecular weight excluding hydrogens is 1040 g/mol. The molecule has 8 nitrogen and oxygen atoms in total. The molecule has 0 heterocycles. The van der Waals surface area contributed by atoms with Gasteiger partial charge in [0.1, 0.15) is 13.2 Å². The van der Waals surface area contributed by atoms with Crippen LogP contribution in [-0.4, -0.2) is 68.5 Å². The minimum absolute atomic E-state index is 0.000803. The van der Waals surface area contributed by atoms with E-state index in [1.807, 2.05) is 27.2 Å². The topological polar surface area (TPSA) is 108 Å². The maximum absolute atomic E-state index is 13.0. The number of amides is 1. The second-order valence-electron chi connectivity index (χ2n) is 25.2. The van der Waals surface area contributed by atoms with Crippen molar-refractivity contribution in [3.05, 3.63) is 85.1 Å². The molecule has 0 fully saturated rings. The highest BCUT2D eigenvalue weighted by molar-refractivity contribution is 7.45. The molecule has 0 saturated heterocycles. The van der Waals surface area contributed by atoms with Crippen molar-refractivity contribution in [3.8, 4) is 0 Å². The van der Waals surface area contributed by atoms with Crippen LogP contribution in [0.2, 0.25) is 0 Å². The number of rotatable bonds is 65. The maximum atomic E-state index is 13.0. The summed E-state index contributed by atoms with van der Waals surface area (Å²) in [6.07, 6.45) is 91.4. The Hall–Kier alpha value is -2.32. The van der Waals surface area contributed by atoms with Gasteiger partial charge in [-0.1, -0.05) is 336 Å². The molecule has 0 aliphatic carbocycles. The molecule has 83 heavy (non-hydrogen) atoms. The Morgan fingerprint density at radius 1 is 0.434 bits per heavy atom. The lowest BCUT2D eigenvalue weighted by molar-refractivity contribution is -0.870. The van der Waals surface area contributed by atoms with Crippen LogP contribution in [0.5, 0.6) is 0 Å². The van der Waals surface area contributed by atoms with Gasteiger partial charge in [0.2, 0.25) is 5.91 Å². The van der Waals surface area contributed by atoms with Crippen molar-refractivity contribution in [2.45, 2.75) is 341 Å². The van der Waals surface area contributed by atoms with Crippen LogP contribution in [0.15, 0.2) is 85.1 Å². The van der Waals surface area contributed by atoms with Crippen molar-refractivity contribution in [1.82, 2.24) is 5.32 Å². The van der Waals surface area contributed by atoms with Crippen LogP contribution in [0, 0.1) is 0 Å². The first kappa shape index (κ1) is 80.7. The van der Waals surface area contributed by atoms with Crippen molar-refractivity contribution < 1.29 is 32.9 Å². The van der Waals surface area contributed by atoms with Gasteiger partial charge in [-0.15, -0.1) is 0 Å². The van der Waals surface area contributed by atoms with Gasteiger partial charge < -0.3 is 28.8 Å². The Bertz CT molecular complexity index is 1630. The molecule has 0 saturated carbocycles. The van der Waals surface area contributed by atoms with Crippen LogP contribution in [0.3, 0.4) is 0 Å². The van der Waals surface area contributed by atoms with Crippen molar-refractivity contribution in [2.24, 2.45) is 0 Å². The van der Waals surface area contributed by atoms with Crippen LogP contribution in [0.4, 0.5) is 0 Å². The van der Waals surface area contributed by atoms with Crippen LogP contribution in [0.25, 0.3) is 0 Å². The predicted molar refractivity (Wildman–Crippen MR) is 362 cm³/mol. The quantitative estimate of drug-likeness (QED) is 0.0272. The molecule has 0 spiro atoms. The van der Waals surface area contributed by atoms with Gasteiger partial charge in [-0.25, -0.2) is 0 Å². The van der Waals surface area contributed by atoms with E-state index in [0.29, 0.717) is 17.4 Å². The van der Waals surface area contributed by atoms with E-state index in [4.69, 9.17) is 9.05 Å². The van der Waals surface area contributed by atoms with Crippen LogP contribution in [-0.2, 0) is 18.4 Å². The van der Waals surface area contributed by atoms with Crippen molar-refractivity contribution in [2.75, 3.05) is 40.9 Å². The zero-order chi connectivity index (χ0) is 60.5. The third-order valence-electron chi connectivity index (χ3n) is 15.9. The van der Waals surface area contributed by atoms with E-state index in [9.17, 15) is 19.4 Å².